The molecular weight excluding hydrogens is 306 g/mol. The van der Waals surface area contributed by atoms with Gasteiger partial charge >= 0.3 is 0 Å². The zero-order valence-electron chi connectivity index (χ0n) is 11.0. The molecule has 0 spiro atoms. The number of aromatic nitrogens is 2. The Bertz CT molecular complexity index is 957. The normalized spacial score (nSPS) is 10.5. The molecule has 0 aliphatic rings. The lowest BCUT2D eigenvalue weighted by molar-refractivity contribution is -0.384. The molecule has 0 atom stereocenters. The quantitative estimate of drug-likeness (QED) is 0.571. The summed E-state index contributed by atoms with van der Waals surface area (Å²) < 4.78 is 0. The summed E-state index contributed by atoms with van der Waals surface area (Å²) in [7, 11) is 0. The number of nitrogens with one attached hydrogen (secondary N) is 2. The molecule has 1 aromatic carbocycles. The molecule has 0 saturated carbocycles. The van der Waals surface area contributed by atoms with Crippen LogP contribution in [0.25, 0.3) is 21.6 Å². The van der Waals surface area contributed by atoms with E-state index in [-0.39, 0.29) is 22.4 Å². The van der Waals surface area contributed by atoms with Crippen LogP contribution in [0.3, 0.4) is 0 Å². The predicted molar refractivity (Wildman–Crippen MR) is 83.1 cm³/mol. The second-order valence-electron chi connectivity index (χ2n) is 4.41. The highest BCUT2D eigenvalue weighted by atomic mass is 32.1. The highest BCUT2D eigenvalue weighted by Crippen LogP contribution is 2.34. The van der Waals surface area contributed by atoms with Gasteiger partial charge in [0.2, 0.25) is 0 Å². The molecule has 3 aromatic rings. The molecule has 0 fully saturated rings. The summed E-state index contributed by atoms with van der Waals surface area (Å²) in [5.41, 5.74) is -1.07. The highest BCUT2D eigenvalue weighted by Gasteiger charge is 2.23. The van der Waals surface area contributed by atoms with Crippen molar-refractivity contribution in [3.63, 3.8) is 0 Å². The molecule has 3 rings (SSSR count). The van der Waals surface area contributed by atoms with Crippen molar-refractivity contribution in [3.8, 4) is 21.6 Å². The first-order valence-corrected chi connectivity index (χ1v) is 7.10. The van der Waals surface area contributed by atoms with Crippen molar-refractivity contribution in [2.45, 2.75) is 0 Å². The number of nitro benzene ring substituents is 1. The molecule has 0 aliphatic heterocycles. The second-order valence-corrected chi connectivity index (χ2v) is 5.36. The van der Waals surface area contributed by atoms with Gasteiger partial charge in [0.05, 0.1) is 21.6 Å². The Morgan fingerprint density at radius 2 is 1.64 bits per heavy atom. The fraction of sp³-hybridized carbons (Fsp3) is 0. The van der Waals surface area contributed by atoms with E-state index in [1.165, 1.54) is 29.5 Å². The Morgan fingerprint density at radius 1 is 0.955 bits per heavy atom. The van der Waals surface area contributed by atoms with Crippen LogP contribution in [0.5, 0.6) is 0 Å². The zero-order chi connectivity index (χ0) is 15.7. The Kier molecular flexibility index (Phi) is 3.43. The summed E-state index contributed by atoms with van der Waals surface area (Å²) in [5, 5.41) is 17.4. The number of H-pyrrole nitrogens is 2. The molecule has 0 radical (unpaired) electrons. The van der Waals surface area contributed by atoms with Gasteiger partial charge in [0.25, 0.3) is 16.8 Å². The van der Waals surface area contributed by atoms with E-state index in [9.17, 15) is 19.7 Å². The van der Waals surface area contributed by atoms with E-state index >= 15 is 0 Å². The Labute approximate surface area is 127 Å². The Balaban J connectivity index is 2.43. The summed E-state index contributed by atoms with van der Waals surface area (Å²) in [6.45, 7) is 0. The summed E-state index contributed by atoms with van der Waals surface area (Å²) in [6.07, 6.45) is 0. The molecule has 7 nitrogen and oxygen atoms in total. The molecule has 22 heavy (non-hydrogen) atoms. The summed E-state index contributed by atoms with van der Waals surface area (Å²) >= 11 is 1.28. The maximum atomic E-state index is 12.2. The van der Waals surface area contributed by atoms with Crippen molar-refractivity contribution >= 4 is 17.0 Å². The molecule has 2 aromatic heterocycles. The summed E-state index contributed by atoms with van der Waals surface area (Å²) in [4.78, 5) is 35.6. The molecule has 110 valence electrons. The molecule has 0 amide bonds. The van der Waals surface area contributed by atoms with E-state index in [0.717, 1.165) is 0 Å². The number of nitrogens with zero attached hydrogens (tertiary/aromatic N) is 1. The van der Waals surface area contributed by atoms with E-state index in [1.807, 2.05) is 0 Å². The summed E-state index contributed by atoms with van der Waals surface area (Å²) in [5.74, 6) is 0. The lowest BCUT2D eigenvalue weighted by atomic mass is 10.00. The molecular formula is C14H9N3O4S. The molecule has 2 heterocycles. The minimum atomic E-state index is -0.586. The van der Waals surface area contributed by atoms with Crippen molar-refractivity contribution in [3.05, 3.63) is 72.6 Å². The average Bonchev–Trinajstić information content (AvgIpc) is 3.03. The van der Waals surface area contributed by atoms with Crippen LogP contribution >= 0.6 is 11.3 Å². The zero-order valence-corrected chi connectivity index (χ0v) is 11.8. The molecule has 8 heteroatoms. The van der Waals surface area contributed by atoms with Gasteiger partial charge in [0.1, 0.15) is 0 Å². The van der Waals surface area contributed by atoms with Gasteiger partial charge < -0.3 is 0 Å². The van der Waals surface area contributed by atoms with Crippen LogP contribution in [0.2, 0.25) is 0 Å². The van der Waals surface area contributed by atoms with Crippen LogP contribution in [-0.4, -0.2) is 15.1 Å². The molecule has 0 bridgehead atoms. The first-order valence-electron chi connectivity index (χ1n) is 6.22. The van der Waals surface area contributed by atoms with Crippen molar-refractivity contribution in [1.82, 2.24) is 10.2 Å². The van der Waals surface area contributed by atoms with Gasteiger partial charge in [-0.15, -0.1) is 11.3 Å². The molecule has 0 saturated heterocycles. The van der Waals surface area contributed by atoms with Gasteiger partial charge in [0, 0.05) is 10.9 Å². The van der Waals surface area contributed by atoms with Crippen LogP contribution in [0.15, 0.2) is 51.4 Å². The number of hydrogen-bond acceptors (Lipinski definition) is 5. The number of rotatable bonds is 3. The predicted octanol–water partition coefficient (Wildman–Crippen LogP) is 2.37. The maximum absolute atomic E-state index is 12.2. The van der Waals surface area contributed by atoms with E-state index < -0.39 is 16.0 Å². The third kappa shape index (κ3) is 2.25. The number of para-hydroxylation sites is 1. The van der Waals surface area contributed by atoms with E-state index in [1.54, 1.807) is 23.6 Å². The number of aromatic amines is 2. The SMILES string of the molecule is O=c1[nH][nH]c(=O)c(-c2ccccc2[N+](=O)[O-])c1-c1cccs1. The monoisotopic (exact) mass is 315 g/mol. The van der Waals surface area contributed by atoms with E-state index in [0.29, 0.717) is 4.88 Å². The highest BCUT2D eigenvalue weighted by molar-refractivity contribution is 7.13. The van der Waals surface area contributed by atoms with Gasteiger partial charge in [-0.05, 0) is 17.5 Å². The fourth-order valence-electron chi connectivity index (χ4n) is 2.22. The van der Waals surface area contributed by atoms with Gasteiger partial charge in [-0.2, -0.15) is 0 Å². The van der Waals surface area contributed by atoms with Crippen molar-refractivity contribution in [1.29, 1.82) is 0 Å². The van der Waals surface area contributed by atoms with Crippen molar-refractivity contribution in [2.24, 2.45) is 0 Å². The number of benzene rings is 1. The maximum Gasteiger partial charge on any atom is 0.277 e. The fourth-order valence-corrected chi connectivity index (χ4v) is 3.00. The third-order valence-corrected chi connectivity index (χ3v) is 4.02. The molecule has 0 unspecified atom stereocenters. The van der Waals surface area contributed by atoms with Crippen LogP contribution < -0.4 is 11.1 Å². The molecule has 2 N–H and O–H groups in total. The van der Waals surface area contributed by atoms with E-state index in [2.05, 4.69) is 10.2 Å². The Hall–Kier alpha value is -3.00. The van der Waals surface area contributed by atoms with Gasteiger partial charge in [-0.1, -0.05) is 18.2 Å². The van der Waals surface area contributed by atoms with Crippen molar-refractivity contribution < 1.29 is 4.92 Å². The lowest BCUT2D eigenvalue weighted by Crippen LogP contribution is -2.23. The topological polar surface area (TPSA) is 109 Å². The number of hydrogen-bond donors (Lipinski definition) is 2. The summed E-state index contributed by atoms with van der Waals surface area (Å²) in [6, 6.07) is 9.28. The van der Waals surface area contributed by atoms with Crippen LogP contribution in [0.4, 0.5) is 5.69 Å². The van der Waals surface area contributed by atoms with Gasteiger partial charge in [-0.3, -0.25) is 29.9 Å². The van der Waals surface area contributed by atoms with Gasteiger partial charge in [0.15, 0.2) is 0 Å². The van der Waals surface area contributed by atoms with Crippen LogP contribution in [0.1, 0.15) is 0 Å². The first kappa shape index (κ1) is 14.0. The average molecular weight is 315 g/mol. The number of nitro groups is 1. The minimum absolute atomic E-state index is 0.00139. The smallest absolute Gasteiger partial charge is 0.267 e. The van der Waals surface area contributed by atoms with Crippen molar-refractivity contribution in [2.75, 3.05) is 0 Å². The molecule has 0 aliphatic carbocycles. The largest absolute Gasteiger partial charge is 0.277 e. The van der Waals surface area contributed by atoms with Crippen LogP contribution in [-0.2, 0) is 0 Å². The number of thiophene rings is 1. The Morgan fingerprint density at radius 3 is 2.27 bits per heavy atom. The third-order valence-electron chi connectivity index (χ3n) is 3.13. The van der Waals surface area contributed by atoms with Gasteiger partial charge in [-0.25, -0.2) is 0 Å². The lowest BCUT2D eigenvalue weighted by Gasteiger charge is -2.06. The standard InChI is InChI=1S/C14H9N3O4S/c18-13-11(8-4-1-2-5-9(8)17(20)21)12(14(19)16-15-13)10-6-3-7-22-10/h1-7H,(H,15,18)(H,16,19). The minimum Gasteiger partial charge on any atom is -0.267 e. The first-order chi connectivity index (χ1) is 10.6. The second kappa shape index (κ2) is 5.41. The van der Waals surface area contributed by atoms with Crippen LogP contribution in [0, 0.1) is 10.1 Å². The van der Waals surface area contributed by atoms with E-state index in [4.69, 9.17) is 0 Å².